The maximum atomic E-state index is 9.65. The molecule has 0 saturated carbocycles. The number of hydrogen-bond acceptors (Lipinski definition) is 4. The minimum atomic E-state index is -0.109. The van der Waals surface area contributed by atoms with Gasteiger partial charge in [-0.1, -0.05) is 24.3 Å². The van der Waals surface area contributed by atoms with Crippen LogP contribution in [0, 0.1) is 5.92 Å². The summed E-state index contributed by atoms with van der Waals surface area (Å²) in [5.74, 6) is 1.62. The second kappa shape index (κ2) is 11.5. The third-order valence-electron chi connectivity index (χ3n) is 5.88. The molecule has 1 unspecified atom stereocenters. The van der Waals surface area contributed by atoms with Gasteiger partial charge in [-0.15, -0.1) is 0 Å². The summed E-state index contributed by atoms with van der Waals surface area (Å²) in [6, 6.07) is 8.83. The van der Waals surface area contributed by atoms with Crippen LogP contribution >= 0.6 is 0 Å². The van der Waals surface area contributed by atoms with Gasteiger partial charge in [-0.3, -0.25) is 4.90 Å². The molecule has 2 fully saturated rings. The molecule has 2 saturated heterocycles. The summed E-state index contributed by atoms with van der Waals surface area (Å²) < 4.78 is 5.60. The molecule has 0 spiro atoms. The fraction of sp³-hybridized carbons (Fsp3) is 0.696. The van der Waals surface area contributed by atoms with Crippen LogP contribution in [0.25, 0.3) is 0 Å². The Morgan fingerprint density at radius 2 is 1.83 bits per heavy atom. The Morgan fingerprint density at radius 1 is 1.10 bits per heavy atom. The molecule has 0 aliphatic carbocycles. The summed E-state index contributed by atoms with van der Waals surface area (Å²) in [4.78, 5) is 9.68. The zero-order chi connectivity index (χ0) is 20.5. The maximum absolute atomic E-state index is 9.65. The quantitative estimate of drug-likeness (QED) is 0.517. The highest BCUT2D eigenvalue weighted by Gasteiger charge is 2.24. The van der Waals surface area contributed by atoms with Crippen molar-refractivity contribution < 1.29 is 9.84 Å². The van der Waals surface area contributed by atoms with Crippen LogP contribution in [0.5, 0.6) is 0 Å². The summed E-state index contributed by atoms with van der Waals surface area (Å²) >= 11 is 0. The second-order valence-corrected chi connectivity index (χ2v) is 8.25. The molecular weight excluding hydrogens is 364 g/mol. The number of benzene rings is 1. The van der Waals surface area contributed by atoms with Crippen molar-refractivity contribution in [3.8, 4) is 0 Å². The third-order valence-corrected chi connectivity index (χ3v) is 5.88. The van der Waals surface area contributed by atoms with E-state index < -0.39 is 0 Å². The van der Waals surface area contributed by atoms with Crippen molar-refractivity contribution in [2.75, 3.05) is 45.9 Å². The molecule has 2 N–H and O–H groups in total. The topological polar surface area (TPSA) is 60.3 Å². The first-order valence-corrected chi connectivity index (χ1v) is 11.3. The Balaban J connectivity index is 1.51. The van der Waals surface area contributed by atoms with Crippen LogP contribution in [0.3, 0.4) is 0 Å². The van der Waals surface area contributed by atoms with Crippen LogP contribution in [-0.2, 0) is 17.8 Å². The van der Waals surface area contributed by atoms with Gasteiger partial charge in [0.25, 0.3) is 0 Å². The molecule has 29 heavy (non-hydrogen) atoms. The van der Waals surface area contributed by atoms with Crippen molar-refractivity contribution in [3.63, 3.8) is 0 Å². The fourth-order valence-electron chi connectivity index (χ4n) is 4.12. The molecule has 2 heterocycles. The van der Waals surface area contributed by atoms with E-state index in [0.717, 1.165) is 71.3 Å². The predicted molar refractivity (Wildman–Crippen MR) is 118 cm³/mol. The Kier molecular flexibility index (Phi) is 8.77. The van der Waals surface area contributed by atoms with Gasteiger partial charge in [0.2, 0.25) is 0 Å². The van der Waals surface area contributed by atoms with Crippen molar-refractivity contribution in [2.24, 2.45) is 10.9 Å². The molecule has 2 aliphatic rings. The molecule has 6 nitrogen and oxygen atoms in total. The first kappa shape index (κ1) is 22.1. The lowest BCUT2D eigenvalue weighted by Gasteiger charge is -2.29. The summed E-state index contributed by atoms with van der Waals surface area (Å²) in [5, 5.41) is 13.1. The second-order valence-electron chi connectivity index (χ2n) is 8.25. The standard InChI is InChI=1S/C23H38N4O2/c1-3-24-23(27-14-9-21(17-27)18-29-4-2)25-15-19-5-7-20(8-6-19)16-26-12-10-22(28)11-13-26/h5-8,21-22,28H,3-4,9-18H2,1-2H3,(H,24,25). The molecule has 0 amide bonds. The first-order chi connectivity index (χ1) is 14.2. The lowest BCUT2D eigenvalue weighted by molar-refractivity contribution is 0.0792. The number of rotatable bonds is 8. The number of aliphatic imine (C=N–C) groups is 1. The van der Waals surface area contributed by atoms with Crippen molar-refractivity contribution >= 4 is 5.96 Å². The van der Waals surface area contributed by atoms with Crippen molar-refractivity contribution in [2.45, 2.75) is 52.3 Å². The molecular formula is C23H38N4O2. The molecule has 0 bridgehead atoms. The van der Waals surface area contributed by atoms with E-state index in [0.29, 0.717) is 12.5 Å². The molecule has 0 aromatic heterocycles. The number of hydrogen-bond donors (Lipinski definition) is 2. The molecule has 0 radical (unpaired) electrons. The van der Waals surface area contributed by atoms with E-state index in [1.165, 1.54) is 17.5 Å². The smallest absolute Gasteiger partial charge is 0.194 e. The van der Waals surface area contributed by atoms with E-state index >= 15 is 0 Å². The number of piperidine rings is 1. The molecule has 3 rings (SSSR count). The Hall–Kier alpha value is -1.63. The van der Waals surface area contributed by atoms with Gasteiger partial charge < -0.3 is 20.1 Å². The molecule has 6 heteroatoms. The van der Waals surface area contributed by atoms with Gasteiger partial charge in [-0.05, 0) is 44.2 Å². The van der Waals surface area contributed by atoms with Gasteiger partial charge in [-0.25, -0.2) is 4.99 Å². The number of nitrogens with one attached hydrogen (secondary N) is 1. The van der Waals surface area contributed by atoms with E-state index in [-0.39, 0.29) is 6.10 Å². The first-order valence-electron chi connectivity index (χ1n) is 11.3. The number of aliphatic hydroxyl groups excluding tert-OH is 1. The third kappa shape index (κ3) is 6.98. The van der Waals surface area contributed by atoms with Crippen LogP contribution in [0.15, 0.2) is 29.3 Å². The summed E-state index contributed by atoms with van der Waals surface area (Å²) in [6.07, 6.45) is 2.85. The Bertz CT molecular complexity index is 626. The van der Waals surface area contributed by atoms with Gasteiger partial charge in [0.05, 0.1) is 19.3 Å². The lowest BCUT2D eigenvalue weighted by atomic mass is 10.1. The van der Waals surface area contributed by atoms with Gasteiger partial charge in [0.15, 0.2) is 5.96 Å². The average Bonchev–Trinajstić information content (AvgIpc) is 3.21. The van der Waals surface area contributed by atoms with Crippen LogP contribution < -0.4 is 5.32 Å². The molecule has 162 valence electrons. The zero-order valence-electron chi connectivity index (χ0n) is 18.1. The summed E-state index contributed by atoms with van der Waals surface area (Å²) in [6.45, 7) is 12.4. The van der Waals surface area contributed by atoms with Crippen LogP contribution in [-0.4, -0.2) is 72.9 Å². The normalized spacial score (nSPS) is 21.7. The SMILES string of the molecule is CCNC(=NCc1ccc(CN2CCC(O)CC2)cc1)N1CCC(COCC)C1. The molecule has 1 aromatic carbocycles. The van der Waals surface area contributed by atoms with Crippen LogP contribution in [0.4, 0.5) is 0 Å². The highest BCUT2D eigenvalue weighted by atomic mass is 16.5. The van der Waals surface area contributed by atoms with E-state index in [9.17, 15) is 5.11 Å². The van der Waals surface area contributed by atoms with Crippen LogP contribution in [0.1, 0.15) is 44.2 Å². The maximum Gasteiger partial charge on any atom is 0.194 e. The highest BCUT2D eigenvalue weighted by Crippen LogP contribution is 2.18. The number of nitrogens with zero attached hydrogens (tertiary/aromatic N) is 3. The average molecular weight is 403 g/mol. The highest BCUT2D eigenvalue weighted by molar-refractivity contribution is 5.80. The van der Waals surface area contributed by atoms with Crippen molar-refractivity contribution in [1.82, 2.24) is 15.1 Å². The van der Waals surface area contributed by atoms with E-state index in [2.05, 4.69) is 53.2 Å². The van der Waals surface area contributed by atoms with Gasteiger partial charge in [0, 0.05) is 51.8 Å². The largest absolute Gasteiger partial charge is 0.393 e. The number of likely N-dealkylation sites (tertiary alicyclic amines) is 2. The molecule has 1 atom stereocenters. The van der Waals surface area contributed by atoms with E-state index in [1.807, 2.05) is 0 Å². The Morgan fingerprint density at radius 3 is 2.52 bits per heavy atom. The van der Waals surface area contributed by atoms with Crippen molar-refractivity contribution in [3.05, 3.63) is 35.4 Å². The molecule has 2 aliphatic heterocycles. The fourth-order valence-corrected chi connectivity index (χ4v) is 4.12. The molecule has 1 aromatic rings. The number of ether oxygens (including phenoxy) is 1. The summed E-state index contributed by atoms with van der Waals surface area (Å²) in [7, 11) is 0. The monoisotopic (exact) mass is 402 g/mol. The predicted octanol–water partition coefficient (Wildman–Crippen LogP) is 2.47. The van der Waals surface area contributed by atoms with Gasteiger partial charge in [0.1, 0.15) is 0 Å². The van der Waals surface area contributed by atoms with Gasteiger partial charge in [-0.2, -0.15) is 0 Å². The zero-order valence-corrected chi connectivity index (χ0v) is 18.1. The number of aliphatic hydroxyl groups is 1. The minimum Gasteiger partial charge on any atom is -0.393 e. The lowest BCUT2D eigenvalue weighted by Crippen LogP contribution is -2.40. The minimum absolute atomic E-state index is 0.109. The van der Waals surface area contributed by atoms with Crippen LogP contribution in [0.2, 0.25) is 0 Å². The van der Waals surface area contributed by atoms with E-state index in [4.69, 9.17) is 9.73 Å². The van der Waals surface area contributed by atoms with Crippen molar-refractivity contribution in [1.29, 1.82) is 0 Å². The summed E-state index contributed by atoms with van der Waals surface area (Å²) in [5.41, 5.74) is 2.57. The number of guanidine groups is 1. The van der Waals surface area contributed by atoms with Gasteiger partial charge >= 0.3 is 0 Å². The van der Waals surface area contributed by atoms with E-state index in [1.54, 1.807) is 0 Å². The Labute approximate surface area is 175 Å².